The molecule has 0 bridgehead atoms. The van der Waals surface area contributed by atoms with Crippen LogP contribution in [0.3, 0.4) is 0 Å². The first-order chi connectivity index (χ1) is 9.81. The van der Waals surface area contributed by atoms with Gasteiger partial charge in [-0.25, -0.2) is 0 Å². The summed E-state index contributed by atoms with van der Waals surface area (Å²) in [6.07, 6.45) is -2.90. The van der Waals surface area contributed by atoms with E-state index in [0.717, 1.165) is 12.1 Å². The van der Waals surface area contributed by atoms with Gasteiger partial charge in [0.25, 0.3) is 0 Å². The van der Waals surface area contributed by atoms with Crippen LogP contribution in [0.2, 0.25) is 0 Å². The fourth-order valence-corrected chi connectivity index (χ4v) is 1.99. The predicted molar refractivity (Wildman–Crippen MR) is 73.1 cm³/mol. The Hall–Kier alpha value is -2.48. The quantitative estimate of drug-likeness (QED) is 0.732. The first kappa shape index (κ1) is 14.9. The molecule has 0 atom stereocenters. The van der Waals surface area contributed by atoms with E-state index in [1.165, 1.54) is 18.2 Å². The van der Waals surface area contributed by atoms with Gasteiger partial charge in [0, 0.05) is 5.56 Å². The van der Waals surface area contributed by atoms with Crippen molar-refractivity contribution in [2.45, 2.75) is 20.0 Å². The smallest absolute Gasteiger partial charge is 0.416 e. The lowest BCUT2D eigenvalue weighted by Gasteiger charge is -2.08. The van der Waals surface area contributed by atoms with Crippen molar-refractivity contribution < 1.29 is 17.6 Å². The Morgan fingerprint density at radius 3 is 2.48 bits per heavy atom. The van der Waals surface area contributed by atoms with E-state index < -0.39 is 11.7 Å². The summed E-state index contributed by atoms with van der Waals surface area (Å²) in [5.74, 6) is 1.30. The van der Waals surface area contributed by atoms with E-state index in [1.807, 2.05) is 6.07 Å². The SMILES string of the molecule is Cc1cc(/C=C(\C#N)c2cccc(C(F)(F)F)c2)c(C)o1. The lowest BCUT2D eigenvalue weighted by Crippen LogP contribution is -2.04. The first-order valence-electron chi connectivity index (χ1n) is 6.17. The molecule has 0 aliphatic heterocycles. The van der Waals surface area contributed by atoms with Gasteiger partial charge < -0.3 is 4.42 Å². The second kappa shape index (κ2) is 5.49. The number of furan rings is 1. The highest BCUT2D eigenvalue weighted by Crippen LogP contribution is 2.31. The average molecular weight is 291 g/mol. The van der Waals surface area contributed by atoms with Crippen LogP contribution in [0.15, 0.2) is 34.7 Å². The zero-order chi connectivity index (χ0) is 15.6. The molecule has 2 nitrogen and oxygen atoms in total. The molecule has 0 fully saturated rings. The van der Waals surface area contributed by atoms with Crippen LogP contribution in [-0.4, -0.2) is 0 Å². The molecule has 0 unspecified atom stereocenters. The molecule has 1 heterocycles. The normalized spacial score (nSPS) is 12.3. The number of hydrogen-bond donors (Lipinski definition) is 0. The molecule has 0 radical (unpaired) electrons. The monoisotopic (exact) mass is 291 g/mol. The van der Waals surface area contributed by atoms with Gasteiger partial charge >= 0.3 is 6.18 Å². The third kappa shape index (κ3) is 3.34. The Morgan fingerprint density at radius 2 is 1.95 bits per heavy atom. The van der Waals surface area contributed by atoms with Crippen molar-refractivity contribution in [3.63, 3.8) is 0 Å². The van der Waals surface area contributed by atoms with Crippen molar-refractivity contribution >= 4 is 11.6 Å². The highest BCUT2D eigenvalue weighted by atomic mass is 19.4. The number of allylic oxidation sites excluding steroid dienone is 1. The second-order valence-electron chi connectivity index (χ2n) is 4.62. The molecule has 0 saturated heterocycles. The van der Waals surface area contributed by atoms with Crippen LogP contribution in [0.25, 0.3) is 11.6 Å². The molecule has 2 aromatic rings. The third-order valence-electron chi connectivity index (χ3n) is 3.00. The van der Waals surface area contributed by atoms with Gasteiger partial charge in [-0.15, -0.1) is 0 Å². The fourth-order valence-electron chi connectivity index (χ4n) is 1.99. The molecule has 5 heteroatoms. The number of benzene rings is 1. The van der Waals surface area contributed by atoms with Gasteiger partial charge in [0.15, 0.2) is 0 Å². The molecular formula is C16H12F3NO. The van der Waals surface area contributed by atoms with Crippen molar-refractivity contribution in [2.24, 2.45) is 0 Å². The van der Waals surface area contributed by atoms with Gasteiger partial charge in [0.1, 0.15) is 11.5 Å². The summed E-state index contributed by atoms with van der Waals surface area (Å²) in [6, 6.07) is 8.39. The number of nitriles is 1. The Labute approximate surface area is 120 Å². The molecule has 0 aliphatic rings. The molecule has 0 saturated carbocycles. The number of nitrogens with zero attached hydrogens (tertiary/aromatic N) is 1. The van der Waals surface area contributed by atoms with E-state index in [0.29, 0.717) is 17.1 Å². The zero-order valence-electron chi connectivity index (χ0n) is 11.5. The summed E-state index contributed by atoms with van der Waals surface area (Å²) in [4.78, 5) is 0. The van der Waals surface area contributed by atoms with Crippen LogP contribution in [0.5, 0.6) is 0 Å². The van der Waals surface area contributed by atoms with E-state index >= 15 is 0 Å². The molecular weight excluding hydrogens is 279 g/mol. The van der Waals surface area contributed by atoms with E-state index in [4.69, 9.17) is 4.42 Å². The van der Waals surface area contributed by atoms with Crippen LogP contribution in [0.4, 0.5) is 13.2 Å². The van der Waals surface area contributed by atoms with E-state index in [-0.39, 0.29) is 11.1 Å². The van der Waals surface area contributed by atoms with Crippen molar-refractivity contribution in [3.05, 3.63) is 58.5 Å². The average Bonchev–Trinajstić information content (AvgIpc) is 2.73. The summed E-state index contributed by atoms with van der Waals surface area (Å²) in [6.45, 7) is 3.50. The zero-order valence-corrected chi connectivity index (χ0v) is 11.5. The highest BCUT2D eigenvalue weighted by molar-refractivity contribution is 5.90. The molecule has 21 heavy (non-hydrogen) atoms. The third-order valence-corrected chi connectivity index (χ3v) is 3.00. The number of aryl methyl sites for hydroxylation is 2. The lowest BCUT2D eigenvalue weighted by molar-refractivity contribution is -0.137. The maximum Gasteiger partial charge on any atom is 0.416 e. The molecule has 0 amide bonds. The maximum atomic E-state index is 12.7. The summed E-state index contributed by atoms with van der Waals surface area (Å²) in [7, 11) is 0. The standard InChI is InChI=1S/C16H12F3NO/c1-10-6-13(11(2)21-10)7-14(9-20)12-4-3-5-15(8-12)16(17,18)19/h3-8H,1-2H3/b14-7+. The highest BCUT2D eigenvalue weighted by Gasteiger charge is 2.30. The van der Waals surface area contributed by atoms with Crippen molar-refractivity contribution in [2.75, 3.05) is 0 Å². The van der Waals surface area contributed by atoms with Gasteiger partial charge in [0.2, 0.25) is 0 Å². The Morgan fingerprint density at radius 1 is 1.24 bits per heavy atom. The molecule has 2 rings (SSSR count). The predicted octanol–water partition coefficient (Wildman–Crippen LogP) is 4.98. The van der Waals surface area contributed by atoms with Crippen LogP contribution < -0.4 is 0 Å². The van der Waals surface area contributed by atoms with Crippen LogP contribution in [0, 0.1) is 25.2 Å². The minimum Gasteiger partial charge on any atom is -0.466 e. The van der Waals surface area contributed by atoms with Crippen LogP contribution in [0.1, 0.15) is 28.2 Å². The van der Waals surface area contributed by atoms with E-state index in [1.54, 1.807) is 19.9 Å². The van der Waals surface area contributed by atoms with Gasteiger partial charge in [-0.2, -0.15) is 18.4 Å². The van der Waals surface area contributed by atoms with Gasteiger partial charge in [-0.3, -0.25) is 0 Å². The minimum absolute atomic E-state index is 0.157. The number of alkyl halides is 3. The summed E-state index contributed by atoms with van der Waals surface area (Å²) >= 11 is 0. The lowest BCUT2D eigenvalue weighted by atomic mass is 10.0. The summed E-state index contributed by atoms with van der Waals surface area (Å²) < 4.78 is 43.5. The second-order valence-corrected chi connectivity index (χ2v) is 4.62. The molecule has 1 aromatic heterocycles. The molecule has 0 spiro atoms. The van der Waals surface area contributed by atoms with Crippen LogP contribution in [-0.2, 0) is 6.18 Å². The molecule has 0 aliphatic carbocycles. The van der Waals surface area contributed by atoms with Gasteiger partial charge in [-0.1, -0.05) is 12.1 Å². The van der Waals surface area contributed by atoms with Crippen molar-refractivity contribution in [1.29, 1.82) is 5.26 Å². The minimum atomic E-state index is -4.43. The number of rotatable bonds is 2. The summed E-state index contributed by atoms with van der Waals surface area (Å²) in [5, 5.41) is 9.20. The Bertz CT molecular complexity index is 733. The first-order valence-corrected chi connectivity index (χ1v) is 6.17. The molecule has 1 aromatic carbocycles. The number of halogens is 3. The van der Waals surface area contributed by atoms with Crippen molar-refractivity contribution in [3.8, 4) is 6.07 Å². The van der Waals surface area contributed by atoms with Gasteiger partial charge in [0.05, 0.1) is 17.2 Å². The number of hydrogen-bond acceptors (Lipinski definition) is 2. The molecule has 108 valence electrons. The maximum absolute atomic E-state index is 12.7. The Kier molecular flexibility index (Phi) is 3.90. The molecule has 0 N–H and O–H groups in total. The van der Waals surface area contributed by atoms with Crippen LogP contribution >= 0.6 is 0 Å². The fraction of sp³-hybridized carbons (Fsp3) is 0.188. The van der Waals surface area contributed by atoms with E-state index in [2.05, 4.69) is 0 Å². The largest absolute Gasteiger partial charge is 0.466 e. The van der Waals surface area contributed by atoms with E-state index in [9.17, 15) is 18.4 Å². The summed E-state index contributed by atoms with van der Waals surface area (Å²) in [5.41, 5.74) is 0.290. The Balaban J connectivity index is 2.48. The van der Waals surface area contributed by atoms with Crippen molar-refractivity contribution in [1.82, 2.24) is 0 Å². The van der Waals surface area contributed by atoms with Gasteiger partial charge in [-0.05, 0) is 43.7 Å². The topological polar surface area (TPSA) is 36.9 Å².